The molecule has 1 fully saturated rings. The number of rotatable bonds is 5. The molecule has 0 aliphatic carbocycles. The number of ether oxygens (including phenoxy) is 1. The number of thioether (sulfide) groups is 1. The zero-order valence-electron chi connectivity index (χ0n) is 10.5. The molecule has 2 nitrogen and oxygen atoms in total. The van der Waals surface area contributed by atoms with Crippen molar-refractivity contribution in [2.75, 3.05) is 18.6 Å². The van der Waals surface area contributed by atoms with E-state index < -0.39 is 0 Å². The van der Waals surface area contributed by atoms with Crippen LogP contribution in [0.5, 0.6) is 0 Å². The van der Waals surface area contributed by atoms with Crippen molar-refractivity contribution in [3.8, 4) is 0 Å². The van der Waals surface area contributed by atoms with Crippen LogP contribution >= 0.6 is 11.8 Å². The molecule has 1 aliphatic rings. The average Bonchev–Trinajstić information content (AvgIpc) is 2.15. The molecule has 0 aromatic carbocycles. The third kappa shape index (κ3) is 4.75. The Labute approximate surface area is 98.5 Å². The van der Waals surface area contributed by atoms with Gasteiger partial charge in [0.2, 0.25) is 0 Å². The van der Waals surface area contributed by atoms with Gasteiger partial charge in [0.05, 0.1) is 5.60 Å². The second kappa shape index (κ2) is 6.12. The van der Waals surface area contributed by atoms with E-state index in [1.165, 1.54) is 12.2 Å². The minimum Gasteiger partial charge on any atom is -0.375 e. The molecule has 0 aromatic rings. The lowest BCUT2D eigenvalue weighted by atomic mass is 9.93. The van der Waals surface area contributed by atoms with Crippen molar-refractivity contribution in [3.05, 3.63) is 0 Å². The van der Waals surface area contributed by atoms with Crippen molar-refractivity contribution in [1.29, 1.82) is 0 Å². The van der Waals surface area contributed by atoms with Crippen LogP contribution in [0.4, 0.5) is 0 Å². The van der Waals surface area contributed by atoms with Gasteiger partial charge in [0.15, 0.2) is 0 Å². The smallest absolute Gasteiger partial charge is 0.0641 e. The van der Waals surface area contributed by atoms with Crippen molar-refractivity contribution < 1.29 is 4.74 Å². The third-order valence-electron chi connectivity index (χ3n) is 3.03. The lowest BCUT2D eigenvalue weighted by molar-refractivity contribution is -0.0639. The molecule has 90 valence electrons. The van der Waals surface area contributed by atoms with Crippen LogP contribution in [0.15, 0.2) is 0 Å². The maximum Gasteiger partial charge on any atom is 0.0641 e. The Hall–Kier alpha value is 0.270. The normalized spacial score (nSPS) is 27.6. The van der Waals surface area contributed by atoms with Gasteiger partial charge in [-0.1, -0.05) is 6.92 Å². The SMILES string of the molecule is CCC(CSC)NC1CCOC(C)(C)C1. The van der Waals surface area contributed by atoms with Gasteiger partial charge in [-0.25, -0.2) is 0 Å². The Bertz CT molecular complexity index is 184. The van der Waals surface area contributed by atoms with E-state index in [0.29, 0.717) is 12.1 Å². The summed E-state index contributed by atoms with van der Waals surface area (Å²) in [5.41, 5.74) is 0.0631. The van der Waals surface area contributed by atoms with Crippen molar-refractivity contribution in [2.45, 2.75) is 57.7 Å². The van der Waals surface area contributed by atoms with Crippen molar-refractivity contribution in [1.82, 2.24) is 5.32 Å². The predicted molar refractivity (Wildman–Crippen MR) is 68.6 cm³/mol. The number of hydrogen-bond donors (Lipinski definition) is 1. The summed E-state index contributed by atoms with van der Waals surface area (Å²) in [4.78, 5) is 0. The predicted octanol–water partition coefficient (Wildman–Crippen LogP) is 2.68. The summed E-state index contributed by atoms with van der Waals surface area (Å²) < 4.78 is 5.73. The van der Waals surface area contributed by atoms with E-state index >= 15 is 0 Å². The molecule has 0 radical (unpaired) electrons. The van der Waals surface area contributed by atoms with Crippen LogP contribution in [0.1, 0.15) is 40.0 Å². The first-order valence-corrected chi connectivity index (χ1v) is 7.35. The van der Waals surface area contributed by atoms with Gasteiger partial charge < -0.3 is 10.1 Å². The number of nitrogens with one attached hydrogen (secondary N) is 1. The summed E-state index contributed by atoms with van der Waals surface area (Å²) in [6, 6.07) is 1.31. The molecule has 1 heterocycles. The van der Waals surface area contributed by atoms with Crippen LogP contribution in [0, 0.1) is 0 Å². The summed E-state index contributed by atoms with van der Waals surface area (Å²) in [5, 5.41) is 3.76. The van der Waals surface area contributed by atoms with Crippen molar-refractivity contribution in [3.63, 3.8) is 0 Å². The first kappa shape index (κ1) is 13.3. The van der Waals surface area contributed by atoms with Gasteiger partial charge in [0, 0.05) is 24.4 Å². The second-order valence-corrected chi connectivity index (χ2v) is 5.94. The topological polar surface area (TPSA) is 21.3 Å². The van der Waals surface area contributed by atoms with E-state index in [9.17, 15) is 0 Å². The van der Waals surface area contributed by atoms with E-state index in [-0.39, 0.29) is 5.60 Å². The van der Waals surface area contributed by atoms with E-state index in [4.69, 9.17) is 4.74 Å². The fraction of sp³-hybridized carbons (Fsp3) is 1.00. The average molecular weight is 231 g/mol. The Balaban J connectivity index is 2.36. The number of hydrogen-bond acceptors (Lipinski definition) is 3. The van der Waals surface area contributed by atoms with Gasteiger partial charge in [-0.2, -0.15) is 11.8 Å². The van der Waals surface area contributed by atoms with Crippen LogP contribution in [0.25, 0.3) is 0 Å². The minimum atomic E-state index is 0.0631. The van der Waals surface area contributed by atoms with Crippen molar-refractivity contribution >= 4 is 11.8 Å². The van der Waals surface area contributed by atoms with Gasteiger partial charge in [-0.3, -0.25) is 0 Å². The molecule has 15 heavy (non-hydrogen) atoms. The molecule has 3 heteroatoms. The van der Waals surface area contributed by atoms with Crippen LogP contribution in [0.2, 0.25) is 0 Å². The van der Waals surface area contributed by atoms with Crippen LogP contribution in [-0.2, 0) is 4.74 Å². The third-order valence-corrected chi connectivity index (χ3v) is 3.76. The quantitative estimate of drug-likeness (QED) is 0.786. The summed E-state index contributed by atoms with van der Waals surface area (Å²) >= 11 is 1.93. The van der Waals surface area contributed by atoms with Crippen molar-refractivity contribution in [2.24, 2.45) is 0 Å². The van der Waals surface area contributed by atoms with Gasteiger partial charge >= 0.3 is 0 Å². The lowest BCUT2D eigenvalue weighted by Crippen LogP contribution is -2.47. The van der Waals surface area contributed by atoms with Crippen LogP contribution in [-0.4, -0.2) is 36.3 Å². The minimum absolute atomic E-state index is 0.0631. The highest BCUT2D eigenvalue weighted by Gasteiger charge is 2.29. The second-order valence-electron chi connectivity index (χ2n) is 5.03. The van der Waals surface area contributed by atoms with E-state index in [0.717, 1.165) is 19.4 Å². The Morgan fingerprint density at radius 1 is 1.53 bits per heavy atom. The highest BCUT2D eigenvalue weighted by atomic mass is 32.2. The van der Waals surface area contributed by atoms with Crippen LogP contribution in [0.3, 0.4) is 0 Å². The Kier molecular flexibility index (Phi) is 5.44. The first-order chi connectivity index (χ1) is 7.07. The largest absolute Gasteiger partial charge is 0.375 e. The Morgan fingerprint density at radius 3 is 2.80 bits per heavy atom. The molecule has 1 rings (SSSR count). The molecular formula is C12H25NOS. The summed E-state index contributed by atoms with van der Waals surface area (Å²) in [6.45, 7) is 7.55. The molecule has 2 atom stereocenters. The van der Waals surface area contributed by atoms with Gasteiger partial charge in [-0.15, -0.1) is 0 Å². The molecule has 1 saturated heterocycles. The van der Waals surface area contributed by atoms with Gasteiger partial charge in [0.25, 0.3) is 0 Å². The first-order valence-electron chi connectivity index (χ1n) is 5.96. The van der Waals surface area contributed by atoms with E-state index in [1.54, 1.807) is 0 Å². The molecular weight excluding hydrogens is 206 g/mol. The molecule has 1 N–H and O–H groups in total. The summed E-state index contributed by atoms with van der Waals surface area (Å²) in [6.07, 6.45) is 5.70. The molecule has 0 spiro atoms. The standard InChI is InChI=1S/C12H25NOS/c1-5-10(9-15-4)13-11-6-7-14-12(2,3)8-11/h10-11,13H,5-9H2,1-4H3. The zero-order valence-corrected chi connectivity index (χ0v) is 11.3. The van der Waals surface area contributed by atoms with Gasteiger partial charge in [0.1, 0.15) is 0 Å². The molecule has 0 aromatic heterocycles. The summed E-state index contributed by atoms with van der Waals surface area (Å²) in [7, 11) is 0. The Morgan fingerprint density at radius 2 is 2.27 bits per heavy atom. The molecule has 0 amide bonds. The molecule has 0 saturated carbocycles. The lowest BCUT2D eigenvalue weighted by Gasteiger charge is -2.37. The molecule has 1 aliphatic heterocycles. The molecule has 0 bridgehead atoms. The van der Waals surface area contributed by atoms with Crippen LogP contribution < -0.4 is 5.32 Å². The molecule has 2 unspecified atom stereocenters. The highest BCUT2D eigenvalue weighted by Crippen LogP contribution is 2.24. The maximum absolute atomic E-state index is 5.73. The van der Waals surface area contributed by atoms with E-state index in [1.807, 2.05) is 11.8 Å². The zero-order chi connectivity index (χ0) is 11.3. The highest BCUT2D eigenvalue weighted by molar-refractivity contribution is 7.98. The fourth-order valence-electron chi connectivity index (χ4n) is 2.19. The van der Waals surface area contributed by atoms with Gasteiger partial charge in [-0.05, 0) is 39.4 Å². The van der Waals surface area contributed by atoms with E-state index in [2.05, 4.69) is 32.3 Å². The monoisotopic (exact) mass is 231 g/mol. The fourth-order valence-corrected chi connectivity index (χ4v) is 2.93. The maximum atomic E-state index is 5.73. The summed E-state index contributed by atoms with van der Waals surface area (Å²) in [5.74, 6) is 1.22.